The van der Waals surface area contributed by atoms with Crippen LogP contribution in [0.5, 0.6) is 0 Å². The molecular weight excluding hydrogens is 234 g/mol. The average Bonchev–Trinajstić information content (AvgIpc) is 2.31. The Morgan fingerprint density at radius 3 is 2.71 bits per heavy atom. The number of halogens is 1. The first-order valence-electron chi connectivity index (χ1n) is 6.12. The summed E-state index contributed by atoms with van der Waals surface area (Å²) in [5, 5.41) is 0. The number of rotatable bonds is 3. The maximum Gasteiger partial charge on any atom is 0.0312 e. The standard InChI is InChI=1S/C13H21N3.ClH/c1-11(14)13-4-7-16(8-5-13)10-12-3-2-6-15-9-12;/h2-3,6,9,11,13H,4-5,7-8,10,14H2,1H3;1H. The van der Waals surface area contributed by atoms with Gasteiger partial charge in [-0.2, -0.15) is 0 Å². The lowest BCUT2D eigenvalue weighted by Gasteiger charge is -2.33. The van der Waals surface area contributed by atoms with Crippen molar-refractivity contribution in [3.63, 3.8) is 0 Å². The zero-order valence-corrected chi connectivity index (χ0v) is 11.2. The summed E-state index contributed by atoms with van der Waals surface area (Å²) >= 11 is 0. The van der Waals surface area contributed by atoms with Crippen LogP contribution >= 0.6 is 12.4 Å². The summed E-state index contributed by atoms with van der Waals surface area (Å²) in [6.07, 6.45) is 6.25. The Kier molecular flexibility index (Phi) is 5.89. The first kappa shape index (κ1) is 14.4. The molecular formula is C13H22ClN3. The van der Waals surface area contributed by atoms with E-state index >= 15 is 0 Å². The third kappa shape index (κ3) is 4.26. The summed E-state index contributed by atoms with van der Waals surface area (Å²) in [7, 11) is 0. The maximum atomic E-state index is 5.94. The number of aromatic nitrogens is 1. The lowest BCUT2D eigenvalue weighted by molar-refractivity contribution is 0.165. The Morgan fingerprint density at radius 1 is 1.47 bits per heavy atom. The lowest BCUT2D eigenvalue weighted by atomic mass is 9.91. The molecule has 0 spiro atoms. The zero-order chi connectivity index (χ0) is 11.4. The van der Waals surface area contributed by atoms with Crippen molar-refractivity contribution in [1.29, 1.82) is 0 Å². The van der Waals surface area contributed by atoms with E-state index in [1.54, 1.807) is 0 Å². The van der Waals surface area contributed by atoms with Gasteiger partial charge in [0.05, 0.1) is 0 Å². The summed E-state index contributed by atoms with van der Waals surface area (Å²) in [6.45, 7) is 5.49. The Bertz CT molecular complexity index is 308. The van der Waals surface area contributed by atoms with Crippen molar-refractivity contribution in [3.8, 4) is 0 Å². The molecule has 1 aromatic heterocycles. The van der Waals surface area contributed by atoms with Crippen LogP contribution in [0.4, 0.5) is 0 Å². The monoisotopic (exact) mass is 255 g/mol. The number of piperidine rings is 1. The Hall–Kier alpha value is -0.640. The van der Waals surface area contributed by atoms with Crippen LogP contribution in [0.25, 0.3) is 0 Å². The van der Waals surface area contributed by atoms with E-state index in [1.165, 1.54) is 31.5 Å². The van der Waals surface area contributed by atoms with Crippen LogP contribution in [-0.4, -0.2) is 29.0 Å². The molecule has 2 rings (SSSR count). The van der Waals surface area contributed by atoms with Gasteiger partial charge in [0.2, 0.25) is 0 Å². The molecule has 1 aromatic rings. The van der Waals surface area contributed by atoms with E-state index in [1.807, 2.05) is 18.5 Å². The van der Waals surface area contributed by atoms with Crippen LogP contribution in [-0.2, 0) is 6.54 Å². The second kappa shape index (κ2) is 6.94. The van der Waals surface area contributed by atoms with Crippen LogP contribution in [0.15, 0.2) is 24.5 Å². The third-order valence-electron chi connectivity index (χ3n) is 3.50. The van der Waals surface area contributed by atoms with Crippen molar-refractivity contribution < 1.29 is 0 Å². The molecule has 1 aliphatic heterocycles. The minimum atomic E-state index is 0. The largest absolute Gasteiger partial charge is 0.328 e. The normalized spacial score (nSPS) is 19.6. The van der Waals surface area contributed by atoms with Crippen LogP contribution in [0.2, 0.25) is 0 Å². The van der Waals surface area contributed by atoms with E-state index in [0.29, 0.717) is 12.0 Å². The summed E-state index contributed by atoms with van der Waals surface area (Å²) < 4.78 is 0. The number of nitrogens with zero attached hydrogens (tertiary/aromatic N) is 2. The minimum Gasteiger partial charge on any atom is -0.328 e. The van der Waals surface area contributed by atoms with Gasteiger partial charge in [-0.1, -0.05) is 6.07 Å². The van der Waals surface area contributed by atoms with Crippen molar-refractivity contribution in [2.45, 2.75) is 32.4 Å². The van der Waals surface area contributed by atoms with Crippen LogP contribution in [0, 0.1) is 5.92 Å². The molecule has 2 heterocycles. The Balaban J connectivity index is 0.00000144. The van der Waals surface area contributed by atoms with E-state index in [2.05, 4.69) is 22.9 Å². The molecule has 1 unspecified atom stereocenters. The van der Waals surface area contributed by atoms with Crippen molar-refractivity contribution in [1.82, 2.24) is 9.88 Å². The fraction of sp³-hybridized carbons (Fsp3) is 0.615. The fourth-order valence-corrected chi connectivity index (χ4v) is 2.39. The number of nitrogens with two attached hydrogens (primary N) is 1. The second-order valence-corrected chi connectivity index (χ2v) is 4.83. The van der Waals surface area contributed by atoms with Gasteiger partial charge in [-0.3, -0.25) is 9.88 Å². The molecule has 0 aliphatic carbocycles. The lowest BCUT2D eigenvalue weighted by Crippen LogP contribution is -2.39. The Morgan fingerprint density at radius 2 is 2.18 bits per heavy atom. The van der Waals surface area contributed by atoms with Crippen LogP contribution < -0.4 is 5.73 Å². The van der Waals surface area contributed by atoms with E-state index in [0.717, 1.165) is 6.54 Å². The van der Waals surface area contributed by atoms with Crippen LogP contribution in [0.3, 0.4) is 0 Å². The highest BCUT2D eigenvalue weighted by Gasteiger charge is 2.21. The quantitative estimate of drug-likeness (QED) is 0.899. The fourth-order valence-electron chi connectivity index (χ4n) is 2.39. The molecule has 1 fully saturated rings. The summed E-state index contributed by atoms with van der Waals surface area (Å²) in [5.41, 5.74) is 7.24. The molecule has 1 atom stereocenters. The average molecular weight is 256 g/mol. The number of hydrogen-bond acceptors (Lipinski definition) is 3. The highest BCUT2D eigenvalue weighted by molar-refractivity contribution is 5.85. The van der Waals surface area contributed by atoms with Gasteiger partial charge < -0.3 is 5.73 Å². The molecule has 0 radical (unpaired) electrons. The first-order chi connectivity index (χ1) is 7.75. The zero-order valence-electron chi connectivity index (χ0n) is 10.4. The topological polar surface area (TPSA) is 42.1 Å². The Labute approximate surface area is 110 Å². The van der Waals surface area contributed by atoms with Crippen LogP contribution in [0.1, 0.15) is 25.3 Å². The highest BCUT2D eigenvalue weighted by Crippen LogP contribution is 2.20. The second-order valence-electron chi connectivity index (χ2n) is 4.83. The smallest absolute Gasteiger partial charge is 0.0312 e. The molecule has 3 nitrogen and oxygen atoms in total. The van der Waals surface area contributed by atoms with Crippen molar-refractivity contribution in [2.24, 2.45) is 11.7 Å². The van der Waals surface area contributed by atoms with Crippen molar-refractivity contribution in [3.05, 3.63) is 30.1 Å². The summed E-state index contributed by atoms with van der Waals surface area (Å²) in [4.78, 5) is 6.64. The molecule has 2 N–H and O–H groups in total. The maximum absolute atomic E-state index is 5.94. The molecule has 0 amide bonds. The highest BCUT2D eigenvalue weighted by atomic mass is 35.5. The van der Waals surface area contributed by atoms with Gasteiger partial charge >= 0.3 is 0 Å². The van der Waals surface area contributed by atoms with E-state index in [-0.39, 0.29) is 12.4 Å². The van der Waals surface area contributed by atoms with Gasteiger partial charge in [0, 0.05) is 25.0 Å². The van der Waals surface area contributed by atoms with Gasteiger partial charge in [-0.15, -0.1) is 12.4 Å². The van der Waals surface area contributed by atoms with Gasteiger partial charge in [-0.05, 0) is 50.4 Å². The molecule has 1 saturated heterocycles. The number of pyridine rings is 1. The molecule has 96 valence electrons. The number of likely N-dealkylation sites (tertiary alicyclic amines) is 1. The van der Waals surface area contributed by atoms with Gasteiger partial charge in [0.25, 0.3) is 0 Å². The molecule has 1 aliphatic rings. The SMILES string of the molecule is CC(N)C1CCN(Cc2cccnc2)CC1.Cl. The molecule has 4 heteroatoms. The number of hydrogen-bond donors (Lipinski definition) is 1. The van der Waals surface area contributed by atoms with E-state index in [4.69, 9.17) is 5.73 Å². The molecule has 0 bridgehead atoms. The minimum absolute atomic E-state index is 0. The molecule has 17 heavy (non-hydrogen) atoms. The van der Waals surface area contributed by atoms with Gasteiger partial charge in [0.1, 0.15) is 0 Å². The molecule has 0 aromatic carbocycles. The van der Waals surface area contributed by atoms with Crippen molar-refractivity contribution >= 4 is 12.4 Å². The predicted molar refractivity (Wildman–Crippen MR) is 73.1 cm³/mol. The van der Waals surface area contributed by atoms with Gasteiger partial charge in [0.15, 0.2) is 0 Å². The third-order valence-corrected chi connectivity index (χ3v) is 3.50. The predicted octanol–water partition coefficient (Wildman–Crippen LogP) is 2.06. The molecule has 0 saturated carbocycles. The summed E-state index contributed by atoms with van der Waals surface area (Å²) in [5.74, 6) is 0.713. The van der Waals surface area contributed by atoms with Crippen molar-refractivity contribution in [2.75, 3.05) is 13.1 Å². The van der Waals surface area contributed by atoms with E-state index < -0.39 is 0 Å². The summed E-state index contributed by atoms with van der Waals surface area (Å²) in [6, 6.07) is 4.50. The van der Waals surface area contributed by atoms with E-state index in [9.17, 15) is 0 Å². The van der Waals surface area contributed by atoms with Gasteiger partial charge in [-0.25, -0.2) is 0 Å². The first-order valence-corrected chi connectivity index (χ1v) is 6.12.